The lowest BCUT2D eigenvalue weighted by molar-refractivity contribution is -0.130. The van der Waals surface area contributed by atoms with E-state index in [0.717, 1.165) is 5.69 Å². The molecule has 1 aromatic carbocycles. The van der Waals surface area contributed by atoms with Crippen molar-refractivity contribution in [2.75, 3.05) is 13.1 Å². The number of nitrogens with zero attached hydrogens (tertiary/aromatic N) is 3. The fraction of sp³-hybridized carbons (Fsp3) is 0.412. The van der Waals surface area contributed by atoms with Crippen molar-refractivity contribution in [3.05, 3.63) is 48.3 Å². The Morgan fingerprint density at radius 2 is 2.00 bits per heavy atom. The molecule has 3 rings (SSSR count). The molecule has 1 N–H and O–H groups in total. The molecule has 1 aliphatic heterocycles. The number of carbonyl (C=O) groups is 1. The topological polar surface area (TPSA) is 84.3 Å². The second-order valence-electron chi connectivity index (χ2n) is 6.27. The van der Waals surface area contributed by atoms with Gasteiger partial charge in [-0.3, -0.25) is 9.48 Å². The normalized spacial score (nSPS) is 17.8. The molecule has 7 nitrogen and oxygen atoms in total. The van der Waals surface area contributed by atoms with Crippen molar-refractivity contribution >= 4 is 15.9 Å². The van der Waals surface area contributed by atoms with Crippen LogP contribution >= 0.6 is 0 Å². The molecule has 0 unspecified atom stereocenters. The van der Waals surface area contributed by atoms with E-state index in [1.165, 1.54) is 0 Å². The lowest BCUT2D eigenvalue weighted by atomic mass is 10.1. The number of hydrogen-bond acceptors (Lipinski definition) is 4. The van der Waals surface area contributed by atoms with Crippen LogP contribution in [0, 0.1) is 5.92 Å². The summed E-state index contributed by atoms with van der Waals surface area (Å²) >= 11 is 0. The summed E-state index contributed by atoms with van der Waals surface area (Å²) in [4.78, 5) is 13.9. The summed E-state index contributed by atoms with van der Waals surface area (Å²) in [6.45, 7) is 3.71. The van der Waals surface area contributed by atoms with Gasteiger partial charge in [-0.05, 0) is 30.5 Å². The van der Waals surface area contributed by atoms with Gasteiger partial charge < -0.3 is 4.90 Å². The summed E-state index contributed by atoms with van der Waals surface area (Å²) in [6.07, 6.45) is 2.36. The Morgan fingerprint density at radius 1 is 1.24 bits per heavy atom. The number of fused-ring (bicyclic) bond motifs is 1. The van der Waals surface area contributed by atoms with Crippen molar-refractivity contribution in [1.29, 1.82) is 0 Å². The fourth-order valence-corrected chi connectivity index (χ4v) is 4.10. The molecule has 0 fully saturated rings. The highest BCUT2D eigenvalue weighted by Gasteiger charge is 2.24. The molecule has 1 amide bonds. The van der Waals surface area contributed by atoms with Crippen molar-refractivity contribution in [2.45, 2.75) is 31.3 Å². The Hall–Kier alpha value is -2.19. The molecule has 1 aliphatic rings. The molecule has 2 heterocycles. The van der Waals surface area contributed by atoms with Crippen LogP contribution in [0.4, 0.5) is 0 Å². The highest BCUT2D eigenvalue weighted by atomic mass is 32.2. The maximum atomic E-state index is 12.3. The highest BCUT2D eigenvalue weighted by molar-refractivity contribution is 7.89. The van der Waals surface area contributed by atoms with Crippen LogP contribution in [0.15, 0.2) is 47.5 Å². The van der Waals surface area contributed by atoms with Crippen LogP contribution in [0.3, 0.4) is 0 Å². The van der Waals surface area contributed by atoms with Gasteiger partial charge in [-0.25, -0.2) is 13.1 Å². The van der Waals surface area contributed by atoms with Crippen LogP contribution in [0.2, 0.25) is 0 Å². The number of sulfonamides is 1. The molecular weight excluding hydrogens is 340 g/mol. The van der Waals surface area contributed by atoms with Crippen LogP contribution in [0.5, 0.6) is 0 Å². The third-order valence-corrected chi connectivity index (χ3v) is 5.89. The molecular formula is C17H22N4O3S. The summed E-state index contributed by atoms with van der Waals surface area (Å²) in [5, 5.41) is 4.31. The maximum Gasteiger partial charge on any atom is 0.240 e. The summed E-state index contributed by atoms with van der Waals surface area (Å²) in [5.41, 5.74) is 1.00. The Kier molecular flexibility index (Phi) is 5.19. The monoisotopic (exact) mass is 362 g/mol. The lowest BCUT2D eigenvalue weighted by Gasteiger charge is -2.22. The van der Waals surface area contributed by atoms with Gasteiger partial charge in [-0.1, -0.05) is 18.2 Å². The molecule has 0 radical (unpaired) electrons. The van der Waals surface area contributed by atoms with Gasteiger partial charge in [-0.2, -0.15) is 5.10 Å². The molecule has 0 saturated heterocycles. The summed E-state index contributed by atoms with van der Waals surface area (Å²) < 4.78 is 29.1. The quantitative estimate of drug-likeness (QED) is 0.867. The minimum absolute atomic E-state index is 0.0181. The fourth-order valence-electron chi connectivity index (χ4n) is 3.04. The number of benzene rings is 1. The van der Waals surface area contributed by atoms with E-state index in [1.54, 1.807) is 48.4 Å². The number of amides is 1. The van der Waals surface area contributed by atoms with Gasteiger partial charge in [0.2, 0.25) is 15.9 Å². The van der Waals surface area contributed by atoms with Gasteiger partial charge in [0.25, 0.3) is 0 Å². The number of carbonyl (C=O) groups excluding carboxylic acids is 1. The molecule has 2 aromatic rings. The van der Waals surface area contributed by atoms with Crippen LogP contribution in [0.25, 0.3) is 0 Å². The van der Waals surface area contributed by atoms with Gasteiger partial charge in [0.05, 0.1) is 17.1 Å². The Labute approximate surface area is 147 Å². The number of nitrogens with one attached hydrogen (secondary N) is 1. The molecule has 0 spiro atoms. The smallest absolute Gasteiger partial charge is 0.240 e. The van der Waals surface area contributed by atoms with Crippen molar-refractivity contribution in [3.8, 4) is 0 Å². The Balaban J connectivity index is 1.63. The molecule has 8 heteroatoms. The van der Waals surface area contributed by atoms with Crippen LogP contribution in [-0.2, 0) is 27.9 Å². The predicted molar refractivity (Wildman–Crippen MR) is 93.1 cm³/mol. The number of aromatic nitrogens is 2. The van der Waals surface area contributed by atoms with Gasteiger partial charge in [0, 0.05) is 32.8 Å². The second kappa shape index (κ2) is 7.37. The molecule has 1 aromatic heterocycles. The van der Waals surface area contributed by atoms with Crippen molar-refractivity contribution in [1.82, 2.24) is 19.4 Å². The van der Waals surface area contributed by atoms with E-state index in [2.05, 4.69) is 9.82 Å². The van der Waals surface area contributed by atoms with E-state index < -0.39 is 10.0 Å². The van der Waals surface area contributed by atoms with E-state index in [1.807, 2.05) is 10.7 Å². The highest BCUT2D eigenvalue weighted by Crippen LogP contribution is 2.18. The maximum absolute atomic E-state index is 12.3. The van der Waals surface area contributed by atoms with Gasteiger partial charge in [0.1, 0.15) is 0 Å². The summed E-state index contributed by atoms with van der Waals surface area (Å²) in [6, 6.07) is 10.2. The average molecular weight is 362 g/mol. The van der Waals surface area contributed by atoms with E-state index in [4.69, 9.17) is 0 Å². The van der Waals surface area contributed by atoms with E-state index >= 15 is 0 Å². The Bertz CT molecular complexity index is 833. The average Bonchev–Trinajstić information content (AvgIpc) is 2.94. The minimum atomic E-state index is -3.50. The van der Waals surface area contributed by atoms with E-state index in [9.17, 15) is 13.2 Å². The summed E-state index contributed by atoms with van der Waals surface area (Å²) in [5.74, 6) is 0.160. The van der Waals surface area contributed by atoms with Crippen molar-refractivity contribution in [3.63, 3.8) is 0 Å². The van der Waals surface area contributed by atoms with E-state index in [-0.39, 0.29) is 16.7 Å². The standard InChI is InChI=1S/C17H22N4O3S/c1-14(22)20-11-15(12-21-16(13-20)8-9-18-21)7-10-19-25(23,24)17-5-3-2-4-6-17/h2-6,8-9,15,19H,7,10-13H2,1H3/t15-/m1/s1. The predicted octanol–water partition coefficient (Wildman–Crippen LogP) is 1.23. The largest absolute Gasteiger partial charge is 0.337 e. The van der Waals surface area contributed by atoms with Crippen LogP contribution < -0.4 is 4.72 Å². The van der Waals surface area contributed by atoms with Crippen LogP contribution in [-0.4, -0.2) is 42.1 Å². The first-order chi connectivity index (χ1) is 12.0. The first-order valence-electron chi connectivity index (χ1n) is 8.26. The third kappa shape index (κ3) is 4.26. The second-order valence-corrected chi connectivity index (χ2v) is 8.04. The molecule has 25 heavy (non-hydrogen) atoms. The third-order valence-electron chi connectivity index (χ3n) is 4.41. The lowest BCUT2D eigenvalue weighted by Crippen LogP contribution is -2.34. The molecule has 0 saturated carbocycles. The first kappa shape index (κ1) is 17.6. The van der Waals surface area contributed by atoms with Crippen LogP contribution in [0.1, 0.15) is 19.0 Å². The van der Waals surface area contributed by atoms with Crippen molar-refractivity contribution in [2.24, 2.45) is 5.92 Å². The van der Waals surface area contributed by atoms with Crippen molar-refractivity contribution < 1.29 is 13.2 Å². The molecule has 0 aliphatic carbocycles. The first-order valence-corrected chi connectivity index (χ1v) is 9.75. The SMILES string of the molecule is CC(=O)N1Cc2ccnn2C[C@H](CCNS(=O)(=O)c2ccccc2)C1. The Morgan fingerprint density at radius 3 is 2.72 bits per heavy atom. The van der Waals surface area contributed by atoms with Gasteiger partial charge >= 0.3 is 0 Å². The number of hydrogen-bond donors (Lipinski definition) is 1. The minimum Gasteiger partial charge on any atom is -0.337 e. The zero-order valence-corrected chi connectivity index (χ0v) is 14.9. The zero-order chi connectivity index (χ0) is 17.9. The van der Waals surface area contributed by atoms with Gasteiger partial charge in [0.15, 0.2) is 0 Å². The zero-order valence-electron chi connectivity index (χ0n) is 14.1. The molecule has 134 valence electrons. The summed E-state index contributed by atoms with van der Waals surface area (Å²) in [7, 11) is -3.50. The van der Waals surface area contributed by atoms with Gasteiger partial charge in [-0.15, -0.1) is 0 Å². The number of rotatable bonds is 5. The molecule has 0 bridgehead atoms. The molecule has 1 atom stereocenters. The van der Waals surface area contributed by atoms with E-state index in [0.29, 0.717) is 32.6 Å².